The molecule has 0 unspecified atom stereocenters. The van der Waals surface area contributed by atoms with Crippen molar-refractivity contribution >= 4 is 43.6 Å². The van der Waals surface area contributed by atoms with E-state index in [2.05, 4.69) is 43.8 Å². The van der Waals surface area contributed by atoms with Gasteiger partial charge in [0.25, 0.3) is 4.48 Å². The first-order valence-corrected chi connectivity index (χ1v) is 4.64. The normalized spacial score (nSPS) is 17.3. The maximum atomic E-state index is 3.64. The van der Waals surface area contributed by atoms with Crippen LogP contribution < -0.4 is 0 Å². The summed E-state index contributed by atoms with van der Waals surface area (Å²) in [6.45, 7) is 3.64. The molecule has 0 aromatic heterocycles. The van der Waals surface area contributed by atoms with E-state index in [0.29, 0.717) is 0 Å². The van der Waals surface area contributed by atoms with Crippen LogP contribution in [0.1, 0.15) is 0 Å². The van der Waals surface area contributed by atoms with E-state index in [1.54, 1.807) is 6.08 Å². The van der Waals surface area contributed by atoms with E-state index >= 15 is 0 Å². The molecule has 0 bridgehead atoms. The van der Waals surface area contributed by atoms with Crippen molar-refractivity contribution in [1.29, 1.82) is 0 Å². The molecule has 0 nitrogen and oxygen atoms in total. The molecule has 0 saturated heterocycles. The molecule has 0 aliphatic carbocycles. The van der Waals surface area contributed by atoms with E-state index in [1.165, 1.54) is 11.8 Å². The SMILES string of the molecule is C=CC1=C(Br)C(Br)=[C+]S1. The van der Waals surface area contributed by atoms with Gasteiger partial charge in [-0.15, -0.1) is 0 Å². The van der Waals surface area contributed by atoms with E-state index < -0.39 is 0 Å². The topological polar surface area (TPSA) is 0 Å². The quantitative estimate of drug-likeness (QED) is 0.654. The van der Waals surface area contributed by atoms with Crippen LogP contribution in [0.4, 0.5) is 0 Å². The molecule has 9 heavy (non-hydrogen) atoms. The van der Waals surface area contributed by atoms with Crippen LogP contribution in [0.15, 0.2) is 26.5 Å². The summed E-state index contributed by atoms with van der Waals surface area (Å²) in [5.41, 5.74) is 0. The second-order valence-corrected chi connectivity index (χ2v) is 3.83. The lowest BCUT2D eigenvalue weighted by Crippen LogP contribution is -1.65. The van der Waals surface area contributed by atoms with Gasteiger partial charge in [0.1, 0.15) is 16.7 Å². The van der Waals surface area contributed by atoms with Gasteiger partial charge in [0.05, 0.1) is 15.9 Å². The van der Waals surface area contributed by atoms with Gasteiger partial charge in [-0.2, -0.15) is 0 Å². The van der Waals surface area contributed by atoms with Gasteiger partial charge in [-0.1, -0.05) is 6.58 Å². The Labute approximate surface area is 75.3 Å². The smallest absolute Gasteiger partial charge is 0.0960 e. The first-order valence-electron chi connectivity index (χ1n) is 2.23. The van der Waals surface area contributed by atoms with Gasteiger partial charge in [0.15, 0.2) is 9.89 Å². The number of halogens is 2. The number of hydrogen-bond acceptors (Lipinski definition) is 1. The van der Waals surface area contributed by atoms with Crippen LogP contribution in [0.5, 0.6) is 0 Å². The maximum absolute atomic E-state index is 3.64. The summed E-state index contributed by atoms with van der Waals surface area (Å²) in [7, 11) is 0. The van der Waals surface area contributed by atoms with E-state index in [-0.39, 0.29) is 0 Å². The zero-order valence-corrected chi connectivity index (χ0v) is 8.44. The highest BCUT2D eigenvalue weighted by Crippen LogP contribution is 2.40. The summed E-state index contributed by atoms with van der Waals surface area (Å²) in [6, 6.07) is 0. The Morgan fingerprint density at radius 2 is 2.22 bits per heavy atom. The molecule has 3 heteroatoms. The van der Waals surface area contributed by atoms with Crippen LogP contribution >= 0.6 is 43.6 Å². The van der Waals surface area contributed by atoms with Crippen molar-refractivity contribution in [2.24, 2.45) is 0 Å². The van der Waals surface area contributed by atoms with Gasteiger partial charge in [-0.25, -0.2) is 0 Å². The molecular weight excluding hydrogens is 264 g/mol. The van der Waals surface area contributed by atoms with Crippen LogP contribution in [0, 0.1) is 5.41 Å². The van der Waals surface area contributed by atoms with E-state index in [4.69, 9.17) is 0 Å². The van der Waals surface area contributed by atoms with Crippen molar-refractivity contribution in [2.75, 3.05) is 0 Å². The molecule has 0 aromatic rings. The highest BCUT2D eigenvalue weighted by Gasteiger charge is 2.25. The zero-order valence-electron chi connectivity index (χ0n) is 4.45. The molecule has 0 aromatic carbocycles. The molecule has 0 spiro atoms. The third kappa shape index (κ3) is 1.47. The van der Waals surface area contributed by atoms with Crippen molar-refractivity contribution < 1.29 is 0 Å². The number of hydrogen-bond donors (Lipinski definition) is 0. The number of allylic oxidation sites excluding steroid dienone is 3. The lowest BCUT2D eigenvalue weighted by Gasteiger charge is -1.77. The second-order valence-electron chi connectivity index (χ2n) is 1.40. The molecule has 0 N–H and O–H groups in total. The van der Waals surface area contributed by atoms with Crippen LogP contribution in [0.2, 0.25) is 0 Å². The summed E-state index contributed by atoms with van der Waals surface area (Å²) in [5.74, 6) is 0. The second kappa shape index (κ2) is 3.02. The lowest BCUT2D eigenvalue weighted by atomic mass is 10.5. The van der Waals surface area contributed by atoms with Crippen LogP contribution in [-0.2, 0) is 0 Å². The monoisotopic (exact) mass is 265 g/mol. The highest BCUT2D eigenvalue weighted by molar-refractivity contribution is 9.15. The predicted octanol–water partition coefficient (Wildman–Crippen LogP) is 3.57. The van der Waals surface area contributed by atoms with Gasteiger partial charge >= 0.3 is 0 Å². The summed E-state index contributed by atoms with van der Waals surface area (Å²) in [5, 5.41) is 3.03. The molecule has 1 aliphatic rings. The van der Waals surface area contributed by atoms with Crippen LogP contribution in [0.3, 0.4) is 0 Å². The number of rotatable bonds is 1. The van der Waals surface area contributed by atoms with Crippen molar-refractivity contribution in [2.45, 2.75) is 0 Å². The van der Waals surface area contributed by atoms with Crippen molar-refractivity contribution in [3.05, 3.63) is 31.9 Å². The minimum atomic E-state index is 0.974. The molecule has 0 amide bonds. The van der Waals surface area contributed by atoms with Gasteiger partial charge in [-0.3, -0.25) is 0 Å². The molecule has 46 valence electrons. The summed E-state index contributed by atoms with van der Waals surface area (Å²) < 4.78 is 2.02. The molecule has 1 rings (SSSR count). The van der Waals surface area contributed by atoms with Gasteiger partial charge < -0.3 is 0 Å². The van der Waals surface area contributed by atoms with E-state index in [9.17, 15) is 0 Å². The largest absolute Gasteiger partial charge is 0.261 e. The maximum Gasteiger partial charge on any atom is 0.261 e. The lowest BCUT2D eigenvalue weighted by molar-refractivity contribution is 1.88. The zero-order chi connectivity index (χ0) is 6.85. The Kier molecular flexibility index (Phi) is 2.53. The fourth-order valence-corrected chi connectivity index (χ4v) is 2.23. The summed E-state index contributed by atoms with van der Waals surface area (Å²) in [6.07, 6.45) is 1.80. The molecule has 1 aliphatic heterocycles. The van der Waals surface area contributed by atoms with Gasteiger partial charge in [-0.05, 0) is 6.08 Å². The highest BCUT2D eigenvalue weighted by atomic mass is 79.9. The molecule has 1 heterocycles. The van der Waals surface area contributed by atoms with Gasteiger partial charge in [0.2, 0.25) is 0 Å². The Balaban J connectivity index is 2.92. The van der Waals surface area contributed by atoms with Crippen molar-refractivity contribution in [3.63, 3.8) is 0 Å². The van der Waals surface area contributed by atoms with Crippen LogP contribution in [-0.4, -0.2) is 0 Å². The standard InChI is InChI=1S/C6H3Br2S/c1-2-5-6(8)4(7)3-9-5/h2H,1H2/q+1. The van der Waals surface area contributed by atoms with Crippen molar-refractivity contribution in [1.82, 2.24) is 0 Å². The Bertz CT molecular complexity index is 203. The minimum Gasteiger partial charge on any atom is -0.0960 e. The first kappa shape index (κ1) is 7.55. The predicted molar refractivity (Wildman–Crippen MR) is 49.4 cm³/mol. The average molecular weight is 267 g/mol. The molecule has 0 saturated carbocycles. The first-order chi connectivity index (χ1) is 4.25. The molecule has 0 radical (unpaired) electrons. The summed E-state index contributed by atoms with van der Waals surface area (Å²) >= 11 is 8.23. The fraction of sp³-hybridized carbons (Fsp3) is 0. The van der Waals surface area contributed by atoms with Gasteiger partial charge in [0, 0.05) is 15.9 Å². The Morgan fingerprint density at radius 1 is 1.56 bits per heavy atom. The fourth-order valence-electron chi connectivity index (χ4n) is 0.429. The average Bonchev–Trinajstić information content (AvgIpc) is 2.15. The molecule has 0 atom stereocenters. The third-order valence-electron chi connectivity index (χ3n) is 0.845. The Hall–Kier alpha value is 0.440. The number of thioether (sulfide) groups is 1. The minimum absolute atomic E-state index is 0.974. The van der Waals surface area contributed by atoms with Crippen molar-refractivity contribution in [3.8, 4) is 0 Å². The summed E-state index contributed by atoms with van der Waals surface area (Å²) in [4.78, 5) is 1.11. The third-order valence-corrected chi connectivity index (χ3v) is 4.22. The van der Waals surface area contributed by atoms with E-state index in [1.807, 2.05) is 0 Å². The van der Waals surface area contributed by atoms with Crippen LogP contribution in [0.25, 0.3) is 0 Å². The van der Waals surface area contributed by atoms with E-state index in [0.717, 1.165) is 13.9 Å². The Morgan fingerprint density at radius 3 is 2.44 bits per heavy atom. The molecule has 0 fully saturated rings. The molecular formula is C6H3Br2S+.